The standard InChI is InChI=1S/C13H14N2O3/c1-2-17-10-5-3-9(4-6-10)15-13(16)11-7-8-12(14)18-11/h3-8H,2,14H2,1H3,(H,15,16). The van der Waals surface area contributed by atoms with Crippen LogP contribution in [-0.2, 0) is 0 Å². The van der Waals surface area contributed by atoms with Crippen LogP contribution in [0.5, 0.6) is 5.75 Å². The molecule has 0 fully saturated rings. The van der Waals surface area contributed by atoms with E-state index < -0.39 is 0 Å². The van der Waals surface area contributed by atoms with E-state index in [0.717, 1.165) is 5.75 Å². The van der Waals surface area contributed by atoms with E-state index in [4.69, 9.17) is 14.9 Å². The predicted molar refractivity (Wildman–Crippen MR) is 68.7 cm³/mol. The molecule has 2 rings (SSSR count). The molecular formula is C13H14N2O3. The lowest BCUT2D eigenvalue weighted by molar-refractivity contribution is 0.0997. The van der Waals surface area contributed by atoms with Gasteiger partial charge in [-0.15, -0.1) is 0 Å². The zero-order valence-corrected chi connectivity index (χ0v) is 9.97. The van der Waals surface area contributed by atoms with E-state index in [9.17, 15) is 4.79 Å². The van der Waals surface area contributed by atoms with Crippen LogP contribution >= 0.6 is 0 Å². The fourth-order valence-electron chi connectivity index (χ4n) is 1.47. The first-order valence-electron chi connectivity index (χ1n) is 5.58. The van der Waals surface area contributed by atoms with Crippen molar-refractivity contribution in [1.82, 2.24) is 0 Å². The first kappa shape index (κ1) is 12.0. The number of carbonyl (C=O) groups excluding carboxylic acids is 1. The number of rotatable bonds is 4. The van der Waals surface area contributed by atoms with Gasteiger partial charge in [0.15, 0.2) is 11.6 Å². The van der Waals surface area contributed by atoms with E-state index in [1.54, 1.807) is 24.3 Å². The molecule has 0 aliphatic rings. The van der Waals surface area contributed by atoms with Crippen LogP contribution in [0.2, 0.25) is 0 Å². The van der Waals surface area contributed by atoms with Crippen molar-refractivity contribution < 1.29 is 13.9 Å². The summed E-state index contributed by atoms with van der Waals surface area (Å²) in [5.74, 6) is 0.821. The second-order valence-corrected chi connectivity index (χ2v) is 3.61. The minimum atomic E-state index is -0.337. The van der Waals surface area contributed by atoms with Crippen molar-refractivity contribution in [3.63, 3.8) is 0 Å². The molecule has 18 heavy (non-hydrogen) atoms. The van der Waals surface area contributed by atoms with Crippen LogP contribution in [0, 0.1) is 0 Å². The first-order valence-corrected chi connectivity index (χ1v) is 5.58. The maximum absolute atomic E-state index is 11.7. The molecule has 0 saturated carbocycles. The van der Waals surface area contributed by atoms with Gasteiger partial charge in [0.2, 0.25) is 0 Å². The van der Waals surface area contributed by atoms with E-state index >= 15 is 0 Å². The molecule has 0 aliphatic carbocycles. The summed E-state index contributed by atoms with van der Waals surface area (Å²) in [4.78, 5) is 11.7. The number of nitrogen functional groups attached to an aromatic ring is 1. The zero-order valence-electron chi connectivity index (χ0n) is 9.97. The van der Waals surface area contributed by atoms with Crippen LogP contribution in [0.1, 0.15) is 17.5 Å². The highest BCUT2D eigenvalue weighted by Gasteiger charge is 2.10. The maximum Gasteiger partial charge on any atom is 0.291 e. The number of benzene rings is 1. The Bertz CT molecular complexity index is 531. The summed E-state index contributed by atoms with van der Waals surface area (Å²) in [5.41, 5.74) is 6.06. The predicted octanol–water partition coefficient (Wildman–Crippen LogP) is 2.51. The Balaban J connectivity index is 2.03. The largest absolute Gasteiger partial charge is 0.494 e. The normalized spacial score (nSPS) is 10.1. The van der Waals surface area contributed by atoms with Gasteiger partial charge in [0.25, 0.3) is 5.91 Å². The quantitative estimate of drug-likeness (QED) is 0.868. The maximum atomic E-state index is 11.7. The number of amides is 1. The van der Waals surface area contributed by atoms with E-state index in [1.165, 1.54) is 12.1 Å². The second kappa shape index (κ2) is 5.27. The van der Waals surface area contributed by atoms with E-state index in [0.29, 0.717) is 12.3 Å². The van der Waals surface area contributed by atoms with Crippen molar-refractivity contribution in [2.24, 2.45) is 0 Å². The average Bonchev–Trinajstić information content (AvgIpc) is 2.79. The number of anilines is 2. The lowest BCUT2D eigenvalue weighted by Gasteiger charge is -2.05. The number of furan rings is 1. The molecule has 3 N–H and O–H groups in total. The molecule has 94 valence electrons. The Hall–Kier alpha value is -2.43. The highest BCUT2D eigenvalue weighted by atomic mass is 16.5. The van der Waals surface area contributed by atoms with Crippen LogP contribution in [0.25, 0.3) is 0 Å². The fraction of sp³-hybridized carbons (Fsp3) is 0.154. The van der Waals surface area contributed by atoms with Gasteiger partial charge in [-0.3, -0.25) is 4.79 Å². The molecule has 1 heterocycles. The molecular weight excluding hydrogens is 232 g/mol. The molecule has 0 atom stereocenters. The summed E-state index contributed by atoms with van der Waals surface area (Å²) < 4.78 is 10.3. The van der Waals surface area contributed by atoms with Gasteiger partial charge in [0.1, 0.15) is 5.75 Å². The van der Waals surface area contributed by atoms with Crippen molar-refractivity contribution in [3.8, 4) is 5.75 Å². The van der Waals surface area contributed by atoms with E-state index in [2.05, 4.69) is 5.32 Å². The van der Waals surface area contributed by atoms with Crippen molar-refractivity contribution in [2.75, 3.05) is 17.7 Å². The van der Waals surface area contributed by atoms with Gasteiger partial charge in [0.05, 0.1) is 6.61 Å². The summed E-state index contributed by atoms with van der Waals surface area (Å²) in [6.45, 7) is 2.52. The minimum absolute atomic E-state index is 0.182. The van der Waals surface area contributed by atoms with Crippen LogP contribution in [0.3, 0.4) is 0 Å². The van der Waals surface area contributed by atoms with Crippen LogP contribution in [-0.4, -0.2) is 12.5 Å². The topological polar surface area (TPSA) is 77.5 Å². The number of nitrogens with two attached hydrogens (primary N) is 1. The van der Waals surface area contributed by atoms with Crippen LogP contribution < -0.4 is 15.8 Å². The molecule has 0 spiro atoms. The molecule has 0 saturated heterocycles. The number of carbonyl (C=O) groups is 1. The molecule has 5 heteroatoms. The van der Waals surface area contributed by atoms with Gasteiger partial charge < -0.3 is 20.2 Å². The van der Waals surface area contributed by atoms with Gasteiger partial charge >= 0.3 is 0 Å². The molecule has 5 nitrogen and oxygen atoms in total. The molecule has 0 aliphatic heterocycles. The van der Waals surface area contributed by atoms with Crippen molar-refractivity contribution in [3.05, 3.63) is 42.2 Å². The smallest absolute Gasteiger partial charge is 0.291 e. The first-order chi connectivity index (χ1) is 8.69. The number of hydrogen-bond donors (Lipinski definition) is 2. The third kappa shape index (κ3) is 2.82. The van der Waals surface area contributed by atoms with Crippen LogP contribution in [0.15, 0.2) is 40.8 Å². The molecule has 1 amide bonds. The highest BCUT2D eigenvalue weighted by Crippen LogP contribution is 2.17. The minimum Gasteiger partial charge on any atom is -0.494 e. The monoisotopic (exact) mass is 246 g/mol. The summed E-state index contributed by atoms with van der Waals surface area (Å²) in [7, 11) is 0. The zero-order chi connectivity index (χ0) is 13.0. The average molecular weight is 246 g/mol. The van der Waals surface area contributed by atoms with Crippen molar-refractivity contribution in [2.45, 2.75) is 6.92 Å². The van der Waals surface area contributed by atoms with E-state index in [-0.39, 0.29) is 17.6 Å². The van der Waals surface area contributed by atoms with Gasteiger partial charge in [0, 0.05) is 11.8 Å². The molecule has 0 bridgehead atoms. The van der Waals surface area contributed by atoms with Crippen molar-refractivity contribution in [1.29, 1.82) is 0 Å². The highest BCUT2D eigenvalue weighted by molar-refractivity contribution is 6.02. The Morgan fingerprint density at radius 1 is 1.28 bits per heavy atom. The molecule has 0 radical (unpaired) electrons. The number of nitrogens with one attached hydrogen (secondary N) is 1. The van der Waals surface area contributed by atoms with Crippen LogP contribution in [0.4, 0.5) is 11.6 Å². The van der Waals surface area contributed by atoms with E-state index in [1.807, 2.05) is 6.92 Å². The SMILES string of the molecule is CCOc1ccc(NC(=O)c2ccc(N)o2)cc1. The van der Waals surface area contributed by atoms with Gasteiger partial charge in [-0.05, 0) is 37.3 Å². The molecule has 2 aromatic rings. The molecule has 0 unspecified atom stereocenters. The Kier molecular flexibility index (Phi) is 3.52. The summed E-state index contributed by atoms with van der Waals surface area (Å²) in [6, 6.07) is 10.2. The van der Waals surface area contributed by atoms with Gasteiger partial charge in [-0.25, -0.2) is 0 Å². The molecule has 1 aromatic heterocycles. The summed E-state index contributed by atoms with van der Waals surface area (Å²) >= 11 is 0. The fourth-order valence-corrected chi connectivity index (χ4v) is 1.47. The third-order valence-corrected chi connectivity index (χ3v) is 2.27. The Morgan fingerprint density at radius 3 is 2.56 bits per heavy atom. The molecule has 1 aromatic carbocycles. The number of hydrogen-bond acceptors (Lipinski definition) is 4. The lowest BCUT2D eigenvalue weighted by Crippen LogP contribution is -2.10. The van der Waals surface area contributed by atoms with Gasteiger partial charge in [-0.1, -0.05) is 0 Å². The third-order valence-electron chi connectivity index (χ3n) is 2.27. The second-order valence-electron chi connectivity index (χ2n) is 3.61. The summed E-state index contributed by atoms with van der Waals surface area (Å²) in [5, 5.41) is 2.70. The Morgan fingerprint density at radius 2 is 2.00 bits per heavy atom. The van der Waals surface area contributed by atoms with Crippen molar-refractivity contribution >= 4 is 17.5 Å². The van der Waals surface area contributed by atoms with Gasteiger partial charge in [-0.2, -0.15) is 0 Å². The Labute approximate surface area is 105 Å². The lowest BCUT2D eigenvalue weighted by atomic mass is 10.3. The summed E-state index contributed by atoms with van der Waals surface area (Å²) in [6.07, 6.45) is 0. The number of ether oxygens (including phenoxy) is 1.